The highest BCUT2D eigenvalue weighted by Crippen LogP contribution is 2.65. The Morgan fingerprint density at radius 3 is 2.59 bits per heavy atom. The van der Waals surface area contributed by atoms with Crippen LogP contribution < -0.4 is 0 Å². The SMILES string of the molecule is CC=C1CC[C@H]2[C@@H]3CC[C@@H]4C[C@@]5(CC[C@@H]4[C@H]3CC[C@]12C)CO5. The zero-order chi connectivity index (χ0) is 14.9. The monoisotopic (exact) mass is 300 g/mol. The molecule has 1 nitrogen and oxygen atoms in total. The Morgan fingerprint density at radius 1 is 1.00 bits per heavy atom. The molecule has 0 radical (unpaired) electrons. The van der Waals surface area contributed by atoms with Crippen molar-refractivity contribution < 1.29 is 4.74 Å². The van der Waals surface area contributed by atoms with Gasteiger partial charge in [0.25, 0.3) is 0 Å². The molecule has 0 amide bonds. The smallest absolute Gasteiger partial charge is 0.0919 e. The lowest BCUT2D eigenvalue weighted by Crippen LogP contribution is -2.48. The molecule has 1 spiro atoms. The van der Waals surface area contributed by atoms with Crippen molar-refractivity contribution in [3.63, 3.8) is 0 Å². The van der Waals surface area contributed by atoms with Gasteiger partial charge in [-0.1, -0.05) is 18.6 Å². The minimum Gasteiger partial charge on any atom is -0.370 e. The van der Waals surface area contributed by atoms with Gasteiger partial charge in [-0.2, -0.15) is 0 Å². The fraction of sp³-hybridized carbons (Fsp3) is 0.905. The molecule has 4 aliphatic carbocycles. The van der Waals surface area contributed by atoms with Gasteiger partial charge >= 0.3 is 0 Å². The van der Waals surface area contributed by atoms with Gasteiger partial charge in [0, 0.05) is 0 Å². The highest BCUT2D eigenvalue weighted by molar-refractivity contribution is 5.23. The third kappa shape index (κ3) is 1.81. The normalized spacial score (nSPS) is 58.3. The molecule has 1 heterocycles. The zero-order valence-electron chi connectivity index (χ0n) is 14.4. The van der Waals surface area contributed by atoms with Crippen LogP contribution in [0, 0.1) is 35.0 Å². The van der Waals surface area contributed by atoms with Crippen molar-refractivity contribution in [1.29, 1.82) is 0 Å². The van der Waals surface area contributed by atoms with Crippen LogP contribution in [0.4, 0.5) is 0 Å². The summed E-state index contributed by atoms with van der Waals surface area (Å²) >= 11 is 0. The van der Waals surface area contributed by atoms with Crippen LogP contribution in [0.3, 0.4) is 0 Å². The van der Waals surface area contributed by atoms with Gasteiger partial charge < -0.3 is 4.74 Å². The molecule has 0 aromatic carbocycles. The average molecular weight is 300 g/mol. The molecule has 0 bridgehead atoms. The number of allylic oxidation sites excluding steroid dienone is 2. The first-order valence-electron chi connectivity index (χ1n) is 9.95. The maximum Gasteiger partial charge on any atom is 0.0919 e. The van der Waals surface area contributed by atoms with Gasteiger partial charge in [0.05, 0.1) is 12.2 Å². The molecule has 1 heteroatoms. The molecule has 1 aliphatic heterocycles. The molecule has 5 aliphatic rings. The van der Waals surface area contributed by atoms with Gasteiger partial charge in [0.2, 0.25) is 0 Å². The minimum atomic E-state index is 0.378. The molecular formula is C21H32O. The van der Waals surface area contributed by atoms with Crippen LogP contribution in [0.5, 0.6) is 0 Å². The van der Waals surface area contributed by atoms with Gasteiger partial charge in [-0.05, 0) is 99.7 Å². The number of ether oxygens (including phenoxy) is 1. The highest BCUT2D eigenvalue weighted by atomic mass is 16.6. The molecule has 0 aromatic rings. The first kappa shape index (κ1) is 14.1. The second-order valence-corrected chi connectivity index (χ2v) is 9.46. The van der Waals surface area contributed by atoms with Gasteiger partial charge in [0.1, 0.15) is 0 Å². The summed E-state index contributed by atoms with van der Waals surface area (Å²) in [5.74, 6) is 5.17. The van der Waals surface area contributed by atoms with E-state index in [1.807, 2.05) is 0 Å². The lowest BCUT2D eigenvalue weighted by Gasteiger charge is -2.55. The highest BCUT2D eigenvalue weighted by Gasteiger charge is 2.58. The zero-order valence-corrected chi connectivity index (χ0v) is 14.4. The van der Waals surface area contributed by atoms with Crippen LogP contribution in [0.2, 0.25) is 0 Å². The fourth-order valence-electron chi connectivity index (χ4n) is 7.63. The van der Waals surface area contributed by atoms with E-state index in [-0.39, 0.29) is 0 Å². The summed E-state index contributed by atoms with van der Waals surface area (Å²) in [6.45, 7) is 5.97. The van der Waals surface area contributed by atoms with E-state index in [0.29, 0.717) is 11.0 Å². The maximum atomic E-state index is 5.83. The summed E-state index contributed by atoms with van der Waals surface area (Å²) in [6.07, 6.45) is 15.6. The van der Waals surface area contributed by atoms with Gasteiger partial charge in [0.15, 0.2) is 0 Å². The van der Waals surface area contributed by atoms with Crippen molar-refractivity contribution >= 4 is 0 Å². The Balaban J connectivity index is 1.40. The average Bonchev–Trinajstić information content (AvgIpc) is 3.17. The summed E-state index contributed by atoms with van der Waals surface area (Å²) in [7, 11) is 0. The third-order valence-corrected chi connectivity index (χ3v) is 8.84. The topological polar surface area (TPSA) is 12.5 Å². The van der Waals surface area contributed by atoms with Crippen molar-refractivity contribution in [3.8, 4) is 0 Å². The summed E-state index contributed by atoms with van der Waals surface area (Å²) in [5.41, 5.74) is 2.74. The number of rotatable bonds is 0. The van der Waals surface area contributed by atoms with Crippen molar-refractivity contribution in [1.82, 2.24) is 0 Å². The van der Waals surface area contributed by atoms with Crippen LogP contribution in [0.25, 0.3) is 0 Å². The van der Waals surface area contributed by atoms with E-state index in [9.17, 15) is 0 Å². The van der Waals surface area contributed by atoms with Crippen molar-refractivity contribution in [2.24, 2.45) is 35.0 Å². The number of hydrogen-bond acceptors (Lipinski definition) is 1. The van der Waals surface area contributed by atoms with Gasteiger partial charge in [-0.3, -0.25) is 0 Å². The number of hydrogen-bond donors (Lipinski definition) is 0. The van der Waals surface area contributed by atoms with E-state index in [0.717, 1.165) is 36.2 Å². The summed E-state index contributed by atoms with van der Waals surface area (Å²) < 4.78 is 5.83. The van der Waals surface area contributed by atoms with Crippen LogP contribution in [0.15, 0.2) is 11.6 Å². The largest absolute Gasteiger partial charge is 0.370 e. The molecule has 0 N–H and O–H groups in total. The molecule has 5 fully saturated rings. The van der Waals surface area contributed by atoms with E-state index in [2.05, 4.69) is 19.9 Å². The fourth-order valence-corrected chi connectivity index (χ4v) is 7.63. The van der Waals surface area contributed by atoms with Crippen LogP contribution in [-0.2, 0) is 4.74 Å². The predicted molar refractivity (Wildman–Crippen MR) is 89.6 cm³/mol. The molecule has 0 unspecified atom stereocenters. The van der Waals surface area contributed by atoms with Crippen LogP contribution in [-0.4, -0.2) is 12.2 Å². The Morgan fingerprint density at radius 2 is 1.82 bits per heavy atom. The van der Waals surface area contributed by atoms with Gasteiger partial charge in [-0.25, -0.2) is 0 Å². The second-order valence-electron chi connectivity index (χ2n) is 9.46. The minimum absolute atomic E-state index is 0.378. The number of fused-ring (bicyclic) bond motifs is 5. The van der Waals surface area contributed by atoms with E-state index < -0.39 is 0 Å². The summed E-state index contributed by atoms with van der Waals surface area (Å²) in [4.78, 5) is 0. The first-order valence-corrected chi connectivity index (χ1v) is 9.95. The van der Waals surface area contributed by atoms with E-state index in [1.165, 1.54) is 57.8 Å². The quantitative estimate of drug-likeness (QED) is 0.434. The number of epoxide rings is 1. The van der Waals surface area contributed by atoms with Gasteiger partial charge in [-0.15, -0.1) is 0 Å². The maximum absolute atomic E-state index is 5.83. The van der Waals surface area contributed by atoms with E-state index >= 15 is 0 Å². The standard InChI is InChI=1S/C21H32O/c1-3-15-5-7-19-18-6-4-14-12-21(13-22-21)11-9-16(14)17(18)8-10-20(15,19)2/h3,14,16-19H,4-13H2,1-2H3/t14-,16+,17-,18-,19+,20-,21+/m1/s1. The second kappa shape index (κ2) is 4.62. The van der Waals surface area contributed by atoms with E-state index in [1.54, 1.807) is 5.57 Å². The first-order chi connectivity index (χ1) is 10.7. The molecule has 0 aromatic heterocycles. The summed E-state index contributed by atoms with van der Waals surface area (Å²) in [6, 6.07) is 0. The van der Waals surface area contributed by atoms with Crippen LogP contribution in [0.1, 0.15) is 71.6 Å². The Kier molecular flexibility index (Phi) is 2.96. The molecule has 7 atom stereocenters. The molecule has 122 valence electrons. The summed E-state index contributed by atoms with van der Waals surface area (Å²) in [5, 5.41) is 0. The Hall–Kier alpha value is -0.300. The molecular weight excluding hydrogens is 268 g/mol. The van der Waals surface area contributed by atoms with Crippen LogP contribution >= 0.6 is 0 Å². The third-order valence-electron chi connectivity index (χ3n) is 8.84. The Labute approximate surface area is 135 Å². The molecule has 4 saturated carbocycles. The lowest BCUT2D eigenvalue weighted by molar-refractivity contribution is -0.0518. The molecule has 22 heavy (non-hydrogen) atoms. The van der Waals surface area contributed by atoms with Crippen molar-refractivity contribution in [2.45, 2.75) is 77.2 Å². The lowest BCUT2D eigenvalue weighted by atomic mass is 9.50. The Bertz CT molecular complexity index is 502. The molecule has 1 saturated heterocycles. The molecule has 5 rings (SSSR count). The van der Waals surface area contributed by atoms with E-state index in [4.69, 9.17) is 4.74 Å². The van der Waals surface area contributed by atoms with Crippen molar-refractivity contribution in [2.75, 3.05) is 6.61 Å². The van der Waals surface area contributed by atoms with Crippen molar-refractivity contribution in [3.05, 3.63) is 11.6 Å². The predicted octanol–water partition coefficient (Wildman–Crippen LogP) is 5.35.